The molecule has 0 saturated carbocycles. The number of hydrogen-bond donors (Lipinski definition) is 0. The smallest absolute Gasteiger partial charge is 0.0251 e. The fraction of sp³-hybridized carbons (Fsp3) is 0.833. The number of allylic oxidation sites excluding steroid dienone is 2. The standard InChI is InChI=1S/C12H23Cl/c1-10(11(2)9-13)7-6-8-12(3,4)5/h6,8,10-11H,7,9H2,1-5H3. The molecule has 0 aliphatic carbocycles. The van der Waals surface area contributed by atoms with Crippen molar-refractivity contribution in [3.63, 3.8) is 0 Å². The van der Waals surface area contributed by atoms with Gasteiger partial charge in [-0.3, -0.25) is 0 Å². The first-order chi connectivity index (χ1) is 5.87. The molecule has 0 spiro atoms. The van der Waals surface area contributed by atoms with E-state index in [1.54, 1.807) is 0 Å². The third-order valence-electron chi connectivity index (χ3n) is 2.34. The van der Waals surface area contributed by atoms with Crippen LogP contribution in [0.2, 0.25) is 0 Å². The van der Waals surface area contributed by atoms with Gasteiger partial charge in [-0.25, -0.2) is 0 Å². The molecule has 0 N–H and O–H groups in total. The van der Waals surface area contributed by atoms with Crippen LogP contribution in [-0.4, -0.2) is 5.88 Å². The molecular weight excluding hydrogens is 180 g/mol. The van der Waals surface area contributed by atoms with Crippen LogP contribution in [-0.2, 0) is 0 Å². The summed E-state index contributed by atoms with van der Waals surface area (Å²) in [5.41, 5.74) is 0.309. The highest BCUT2D eigenvalue weighted by Crippen LogP contribution is 2.20. The minimum absolute atomic E-state index is 0.309. The van der Waals surface area contributed by atoms with Crippen molar-refractivity contribution in [1.82, 2.24) is 0 Å². The number of rotatable bonds is 4. The van der Waals surface area contributed by atoms with Gasteiger partial charge in [0.05, 0.1) is 0 Å². The molecular formula is C12H23Cl. The summed E-state index contributed by atoms with van der Waals surface area (Å²) in [7, 11) is 0. The summed E-state index contributed by atoms with van der Waals surface area (Å²) in [6, 6.07) is 0. The topological polar surface area (TPSA) is 0 Å². The Labute approximate surface area is 88.4 Å². The number of hydrogen-bond acceptors (Lipinski definition) is 0. The van der Waals surface area contributed by atoms with Crippen molar-refractivity contribution >= 4 is 11.6 Å². The van der Waals surface area contributed by atoms with Gasteiger partial charge in [-0.1, -0.05) is 46.8 Å². The van der Waals surface area contributed by atoms with Crippen LogP contribution in [0, 0.1) is 17.3 Å². The minimum atomic E-state index is 0.309. The first-order valence-corrected chi connectivity index (χ1v) is 5.64. The molecule has 1 heteroatoms. The maximum Gasteiger partial charge on any atom is 0.0251 e. The van der Waals surface area contributed by atoms with E-state index in [0.717, 1.165) is 12.3 Å². The van der Waals surface area contributed by atoms with Gasteiger partial charge in [0, 0.05) is 5.88 Å². The van der Waals surface area contributed by atoms with Crippen molar-refractivity contribution in [2.75, 3.05) is 5.88 Å². The molecule has 0 nitrogen and oxygen atoms in total. The SMILES string of the molecule is CC(CCl)C(C)CC=CC(C)(C)C. The van der Waals surface area contributed by atoms with Crippen molar-refractivity contribution in [2.24, 2.45) is 17.3 Å². The average Bonchev–Trinajstić information content (AvgIpc) is 2.00. The Bertz CT molecular complexity index is 153. The van der Waals surface area contributed by atoms with Gasteiger partial charge < -0.3 is 0 Å². The molecule has 2 unspecified atom stereocenters. The molecule has 0 aliphatic heterocycles. The molecule has 0 bridgehead atoms. The summed E-state index contributed by atoms with van der Waals surface area (Å²) in [6.07, 6.45) is 5.71. The lowest BCUT2D eigenvalue weighted by molar-refractivity contribution is 0.426. The molecule has 0 aromatic rings. The molecule has 0 radical (unpaired) electrons. The molecule has 0 aromatic carbocycles. The van der Waals surface area contributed by atoms with Crippen molar-refractivity contribution < 1.29 is 0 Å². The van der Waals surface area contributed by atoms with Gasteiger partial charge in [-0.05, 0) is 23.7 Å². The Morgan fingerprint density at radius 1 is 1.15 bits per heavy atom. The highest BCUT2D eigenvalue weighted by Gasteiger charge is 2.09. The van der Waals surface area contributed by atoms with E-state index >= 15 is 0 Å². The van der Waals surface area contributed by atoms with Gasteiger partial charge in [0.25, 0.3) is 0 Å². The van der Waals surface area contributed by atoms with E-state index in [0.29, 0.717) is 17.3 Å². The van der Waals surface area contributed by atoms with Crippen molar-refractivity contribution in [3.05, 3.63) is 12.2 Å². The minimum Gasteiger partial charge on any atom is -0.126 e. The van der Waals surface area contributed by atoms with Crippen LogP contribution in [0.25, 0.3) is 0 Å². The Morgan fingerprint density at radius 3 is 2.08 bits per heavy atom. The highest BCUT2D eigenvalue weighted by molar-refractivity contribution is 6.18. The molecule has 0 aromatic heterocycles. The van der Waals surface area contributed by atoms with Gasteiger partial charge in [0.2, 0.25) is 0 Å². The van der Waals surface area contributed by atoms with E-state index in [2.05, 4.69) is 46.8 Å². The molecule has 0 fully saturated rings. The highest BCUT2D eigenvalue weighted by atomic mass is 35.5. The van der Waals surface area contributed by atoms with Crippen LogP contribution >= 0.6 is 11.6 Å². The average molecular weight is 203 g/mol. The lowest BCUT2D eigenvalue weighted by Gasteiger charge is -2.16. The maximum absolute atomic E-state index is 5.79. The van der Waals surface area contributed by atoms with Crippen molar-refractivity contribution in [2.45, 2.75) is 41.0 Å². The zero-order valence-corrected chi connectivity index (χ0v) is 10.4. The Morgan fingerprint density at radius 2 is 1.69 bits per heavy atom. The van der Waals surface area contributed by atoms with Crippen molar-refractivity contribution in [1.29, 1.82) is 0 Å². The lowest BCUT2D eigenvalue weighted by Crippen LogP contribution is -2.08. The summed E-state index contributed by atoms with van der Waals surface area (Å²) >= 11 is 5.79. The molecule has 13 heavy (non-hydrogen) atoms. The van der Waals surface area contributed by atoms with Gasteiger partial charge in [0.1, 0.15) is 0 Å². The van der Waals surface area contributed by atoms with Crippen LogP contribution in [0.4, 0.5) is 0 Å². The summed E-state index contributed by atoms with van der Waals surface area (Å²) in [4.78, 5) is 0. The van der Waals surface area contributed by atoms with E-state index in [1.165, 1.54) is 0 Å². The first kappa shape index (κ1) is 13.0. The molecule has 78 valence electrons. The molecule has 2 atom stereocenters. The lowest BCUT2D eigenvalue weighted by atomic mass is 9.91. The third kappa shape index (κ3) is 7.13. The fourth-order valence-electron chi connectivity index (χ4n) is 1.02. The van der Waals surface area contributed by atoms with E-state index in [4.69, 9.17) is 11.6 Å². The van der Waals surface area contributed by atoms with Crippen LogP contribution in [0.3, 0.4) is 0 Å². The Kier molecular flexibility index (Phi) is 5.71. The molecule has 0 heterocycles. The van der Waals surface area contributed by atoms with Gasteiger partial charge in [0.15, 0.2) is 0 Å². The second-order valence-electron chi connectivity index (χ2n) is 5.11. The summed E-state index contributed by atoms with van der Waals surface area (Å²) in [5, 5.41) is 0. The molecule has 0 rings (SSSR count). The number of halogens is 1. The second-order valence-corrected chi connectivity index (χ2v) is 5.42. The van der Waals surface area contributed by atoms with Crippen LogP contribution in [0.15, 0.2) is 12.2 Å². The summed E-state index contributed by atoms with van der Waals surface area (Å²) < 4.78 is 0. The fourth-order valence-corrected chi connectivity index (χ4v) is 1.32. The van der Waals surface area contributed by atoms with Gasteiger partial charge in [-0.15, -0.1) is 11.6 Å². The van der Waals surface area contributed by atoms with Gasteiger partial charge in [-0.2, -0.15) is 0 Å². The summed E-state index contributed by atoms with van der Waals surface area (Å²) in [6.45, 7) is 11.1. The van der Waals surface area contributed by atoms with Crippen molar-refractivity contribution in [3.8, 4) is 0 Å². The predicted molar refractivity (Wildman–Crippen MR) is 62.3 cm³/mol. The van der Waals surface area contributed by atoms with Crippen LogP contribution in [0.5, 0.6) is 0 Å². The second kappa shape index (κ2) is 5.70. The maximum atomic E-state index is 5.79. The molecule has 0 saturated heterocycles. The van der Waals surface area contributed by atoms with Gasteiger partial charge >= 0.3 is 0 Å². The summed E-state index contributed by atoms with van der Waals surface area (Å²) in [5.74, 6) is 2.08. The first-order valence-electron chi connectivity index (χ1n) is 5.10. The number of alkyl halides is 1. The van der Waals surface area contributed by atoms with Crippen LogP contribution < -0.4 is 0 Å². The van der Waals surface area contributed by atoms with E-state index < -0.39 is 0 Å². The van der Waals surface area contributed by atoms with Crippen LogP contribution in [0.1, 0.15) is 41.0 Å². The largest absolute Gasteiger partial charge is 0.126 e. The molecule has 0 aliphatic rings. The van der Waals surface area contributed by atoms with E-state index in [-0.39, 0.29) is 0 Å². The third-order valence-corrected chi connectivity index (χ3v) is 2.83. The normalized spacial score (nSPS) is 17.7. The molecule has 0 amide bonds. The zero-order chi connectivity index (χ0) is 10.5. The predicted octanol–water partition coefficient (Wildman–Crippen LogP) is 4.49. The van der Waals surface area contributed by atoms with E-state index in [9.17, 15) is 0 Å². The Balaban J connectivity index is 3.82. The monoisotopic (exact) mass is 202 g/mol. The zero-order valence-electron chi connectivity index (χ0n) is 9.60. The quantitative estimate of drug-likeness (QED) is 0.466. The van der Waals surface area contributed by atoms with E-state index in [1.807, 2.05) is 0 Å². The Hall–Kier alpha value is 0.0300.